The van der Waals surface area contributed by atoms with Crippen LogP contribution in [-0.4, -0.2) is 36.6 Å². The Bertz CT molecular complexity index is 237. The van der Waals surface area contributed by atoms with E-state index in [2.05, 4.69) is 44.8 Å². The maximum absolute atomic E-state index is 3.74. The summed E-state index contributed by atoms with van der Waals surface area (Å²) >= 11 is 0. The van der Waals surface area contributed by atoms with Crippen LogP contribution >= 0.6 is 0 Å². The van der Waals surface area contributed by atoms with E-state index < -0.39 is 0 Å². The number of nitrogens with zero attached hydrogens (tertiary/aromatic N) is 1. The van der Waals surface area contributed by atoms with Crippen LogP contribution in [0.2, 0.25) is 0 Å². The van der Waals surface area contributed by atoms with E-state index in [1.54, 1.807) is 0 Å². The Morgan fingerprint density at radius 3 is 2.42 bits per heavy atom. The molecule has 0 radical (unpaired) electrons. The Kier molecular flexibility index (Phi) is 7.38. The lowest BCUT2D eigenvalue weighted by atomic mass is 9.86. The zero-order chi connectivity index (χ0) is 14.3. The van der Waals surface area contributed by atoms with E-state index in [0.29, 0.717) is 5.41 Å². The van der Waals surface area contributed by atoms with E-state index in [1.165, 1.54) is 58.2 Å². The van der Waals surface area contributed by atoms with E-state index in [-0.39, 0.29) is 0 Å². The fraction of sp³-hybridized carbons (Fsp3) is 1.00. The summed E-state index contributed by atoms with van der Waals surface area (Å²) in [5, 5.41) is 3.74. The molecule has 1 aliphatic rings. The van der Waals surface area contributed by atoms with Crippen molar-refractivity contribution in [3.63, 3.8) is 0 Å². The summed E-state index contributed by atoms with van der Waals surface area (Å²) in [6.45, 7) is 15.5. The van der Waals surface area contributed by atoms with Crippen molar-refractivity contribution in [2.24, 2.45) is 5.41 Å². The second-order valence-electron chi connectivity index (χ2n) is 6.90. The van der Waals surface area contributed by atoms with Gasteiger partial charge in [0.05, 0.1) is 0 Å². The van der Waals surface area contributed by atoms with E-state index in [0.717, 1.165) is 12.1 Å². The Morgan fingerprint density at radius 2 is 1.95 bits per heavy atom. The summed E-state index contributed by atoms with van der Waals surface area (Å²) in [7, 11) is 0. The average Bonchev–Trinajstić information content (AvgIpc) is 3.24. The SMILES string of the molecule is CCCCN(CC(C)(CC)CNC1CC1)C(C)CC. The largest absolute Gasteiger partial charge is 0.313 e. The molecule has 1 saturated carbocycles. The Morgan fingerprint density at radius 1 is 1.26 bits per heavy atom. The molecule has 2 heteroatoms. The van der Waals surface area contributed by atoms with Gasteiger partial charge in [-0.1, -0.05) is 34.1 Å². The van der Waals surface area contributed by atoms with Gasteiger partial charge in [0.2, 0.25) is 0 Å². The average molecular weight is 268 g/mol. The van der Waals surface area contributed by atoms with Gasteiger partial charge >= 0.3 is 0 Å². The maximum Gasteiger partial charge on any atom is 0.00684 e. The van der Waals surface area contributed by atoms with Crippen molar-refractivity contribution in [3.05, 3.63) is 0 Å². The minimum Gasteiger partial charge on any atom is -0.313 e. The molecule has 0 aromatic carbocycles. The van der Waals surface area contributed by atoms with Crippen LogP contribution in [0.1, 0.15) is 73.1 Å². The minimum absolute atomic E-state index is 0.430. The maximum atomic E-state index is 3.74. The smallest absolute Gasteiger partial charge is 0.00684 e. The molecule has 0 aromatic heterocycles. The van der Waals surface area contributed by atoms with Gasteiger partial charge in [0, 0.05) is 25.2 Å². The van der Waals surface area contributed by atoms with Gasteiger partial charge in [0.25, 0.3) is 0 Å². The number of unbranched alkanes of at least 4 members (excludes halogenated alkanes) is 1. The molecule has 19 heavy (non-hydrogen) atoms. The highest BCUT2D eigenvalue weighted by Gasteiger charge is 2.29. The van der Waals surface area contributed by atoms with Crippen molar-refractivity contribution >= 4 is 0 Å². The Hall–Kier alpha value is -0.0800. The molecule has 0 bridgehead atoms. The summed E-state index contributed by atoms with van der Waals surface area (Å²) < 4.78 is 0. The molecular weight excluding hydrogens is 232 g/mol. The van der Waals surface area contributed by atoms with Crippen LogP contribution in [0.15, 0.2) is 0 Å². The fourth-order valence-electron chi connectivity index (χ4n) is 2.54. The topological polar surface area (TPSA) is 15.3 Å². The van der Waals surface area contributed by atoms with Crippen molar-refractivity contribution in [1.82, 2.24) is 10.2 Å². The molecule has 1 fully saturated rings. The van der Waals surface area contributed by atoms with Crippen LogP contribution < -0.4 is 5.32 Å². The number of rotatable bonds is 11. The van der Waals surface area contributed by atoms with E-state index in [9.17, 15) is 0 Å². The van der Waals surface area contributed by atoms with Gasteiger partial charge in [-0.05, 0) is 51.0 Å². The first-order valence-electron chi connectivity index (χ1n) is 8.52. The highest BCUT2D eigenvalue weighted by Crippen LogP contribution is 2.26. The van der Waals surface area contributed by atoms with Crippen LogP contribution in [0.25, 0.3) is 0 Å². The summed E-state index contributed by atoms with van der Waals surface area (Å²) in [4.78, 5) is 2.72. The Labute approximate surface area is 121 Å². The molecule has 1 rings (SSSR count). The van der Waals surface area contributed by atoms with Gasteiger partial charge in [0.15, 0.2) is 0 Å². The van der Waals surface area contributed by atoms with Crippen molar-refractivity contribution in [3.8, 4) is 0 Å². The summed E-state index contributed by atoms with van der Waals surface area (Å²) in [5.41, 5.74) is 0.430. The quantitative estimate of drug-likeness (QED) is 0.608. The summed E-state index contributed by atoms with van der Waals surface area (Å²) in [5.74, 6) is 0. The monoisotopic (exact) mass is 268 g/mol. The van der Waals surface area contributed by atoms with Gasteiger partial charge in [-0.25, -0.2) is 0 Å². The zero-order valence-electron chi connectivity index (χ0n) is 14.0. The number of hydrogen-bond donors (Lipinski definition) is 1. The zero-order valence-corrected chi connectivity index (χ0v) is 14.0. The molecule has 114 valence electrons. The predicted octanol–water partition coefficient (Wildman–Crippen LogP) is 4.06. The summed E-state index contributed by atoms with van der Waals surface area (Å²) in [6, 6.07) is 1.55. The van der Waals surface area contributed by atoms with Crippen molar-refractivity contribution < 1.29 is 0 Å². The van der Waals surface area contributed by atoms with Gasteiger partial charge in [0.1, 0.15) is 0 Å². The molecule has 0 heterocycles. The third-order valence-corrected chi connectivity index (χ3v) is 4.85. The second kappa shape index (κ2) is 8.26. The summed E-state index contributed by atoms with van der Waals surface area (Å²) in [6.07, 6.45) is 7.96. The molecule has 0 spiro atoms. The first kappa shape index (κ1) is 17.0. The van der Waals surface area contributed by atoms with Crippen molar-refractivity contribution in [2.75, 3.05) is 19.6 Å². The molecule has 0 aromatic rings. The van der Waals surface area contributed by atoms with Crippen LogP contribution in [0.5, 0.6) is 0 Å². The molecule has 1 aliphatic carbocycles. The van der Waals surface area contributed by atoms with Crippen molar-refractivity contribution in [1.29, 1.82) is 0 Å². The fourth-order valence-corrected chi connectivity index (χ4v) is 2.54. The lowest BCUT2D eigenvalue weighted by Crippen LogP contribution is -2.46. The van der Waals surface area contributed by atoms with E-state index in [4.69, 9.17) is 0 Å². The van der Waals surface area contributed by atoms with Gasteiger partial charge in [-0.15, -0.1) is 0 Å². The first-order chi connectivity index (χ1) is 9.04. The lowest BCUT2D eigenvalue weighted by molar-refractivity contribution is 0.116. The molecule has 0 saturated heterocycles. The molecule has 2 unspecified atom stereocenters. The number of nitrogens with one attached hydrogen (secondary N) is 1. The van der Waals surface area contributed by atoms with E-state index in [1.807, 2.05) is 0 Å². The van der Waals surface area contributed by atoms with Crippen LogP contribution in [-0.2, 0) is 0 Å². The first-order valence-corrected chi connectivity index (χ1v) is 8.52. The molecule has 0 amide bonds. The normalized spacial score (nSPS) is 20.5. The lowest BCUT2D eigenvalue weighted by Gasteiger charge is -2.38. The third kappa shape index (κ3) is 6.27. The predicted molar refractivity (Wildman–Crippen MR) is 85.7 cm³/mol. The van der Waals surface area contributed by atoms with Crippen LogP contribution in [0.3, 0.4) is 0 Å². The molecule has 2 atom stereocenters. The highest BCUT2D eigenvalue weighted by molar-refractivity contribution is 4.87. The van der Waals surface area contributed by atoms with Crippen molar-refractivity contribution in [2.45, 2.75) is 85.2 Å². The van der Waals surface area contributed by atoms with Crippen LogP contribution in [0.4, 0.5) is 0 Å². The minimum atomic E-state index is 0.430. The standard InChI is InChI=1S/C17H36N2/c1-6-9-12-19(15(4)7-2)14-17(5,8-3)13-18-16-10-11-16/h15-16,18H,6-14H2,1-5H3. The highest BCUT2D eigenvalue weighted by atomic mass is 15.2. The number of hydrogen-bond acceptors (Lipinski definition) is 2. The van der Waals surface area contributed by atoms with E-state index >= 15 is 0 Å². The molecule has 0 aliphatic heterocycles. The molecule has 2 nitrogen and oxygen atoms in total. The Balaban J connectivity index is 2.49. The third-order valence-electron chi connectivity index (χ3n) is 4.85. The van der Waals surface area contributed by atoms with Gasteiger partial charge < -0.3 is 10.2 Å². The second-order valence-corrected chi connectivity index (χ2v) is 6.90. The van der Waals surface area contributed by atoms with Gasteiger partial charge in [-0.3, -0.25) is 0 Å². The van der Waals surface area contributed by atoms with Gasteiger partial charge in [-0.2, -0.15) is 0 Å². The molecule has 1 N–H and O–H groups in total. The molecular formula is C17H36N2. The van der Waals surface area contributed by atoms with Crippen LogP contribution in [0, 0.1) is 5.41 Å².